The summed E-state index contributed by atoms with van der Waals surface area (Å²) < 4.78 is 0. The van der Waals surface area contributed by atoms with Crippen LogP contribution in [0.15, 0.2) is 18.5 Å². The number of nitrogens with one attached hydrogen (secondary N) is 1. The zero-order valence-corrected chi connectivity index (χ0v) is 12.2. The van der Waals surface area contributed by atoms with Crippen LogP contribution >= 0.6 is 0 Å². The molecule has 1 rings (SSSR count). The Kier molecular flexibility index (Phi) is 6.73. The fraction of sp³-hybridized carbons (Fsp3) is 0.667. The molecule has 3 nitrogen and oxygen atoms in total. The molecule has 0 amide bonds. The molecule has 1 heterocycles. The highest BCUT2D eigenvalue weighted by molar-refractivity contribution is 5.52. The molecule has 0 spiro atoms. The van der Waals surface area contributed by atoms with Gasteiger partial charge in [-0.2, -0.15) is 0 Å². The Bertz CT molecular complexity index is 336. The molecule has 0 saturated heterocycles. The van der Waals surface area contributed by atoms with Gasteiger partial charge in [0.1, 0.15) is 0 Å². The van der Waals surface area contributed by atoms with Crippen molar-refractivity contribution in [1.29, 1.82) is 0 Å². The van der Waals surface area contributed by atoms with Crippen molar-refractivity contribution >= 4 is 5.69 Å². The smallest absolute Gasteiger partial charge is 0.0442 e. The van der Waals surface area contributed by atoms with Crippen LogP contribution in [0.2, 0.25) is 0 Å². The van der Waals surface area contributed by atoms with E-state index in [-0.39, 0.29) is 0 Å². The molecule has 0 radical (unpaired) electrons. The van der Waals surface area contributed by atoms with Crippen LogP contribution in [0.4, 0.5) is 5.69 Å². The van der Waals surface area contributed by atoms with Crippen LogP contribution in [0, 0.1) is 5.92 Å². The van der Waals surface area contributed by atoms with Gasteiger partial charge < -0.3 is 10.2 Å². The molecule has 1 aromatic rings. The van der Waals surface area contributed by atoms with Crippen molar-refractivity contribution in [3.8, 4) is 0 Å². The fourth-order valence-corrected chi connectivity index (χ4v) is 2.10. The van der Waals surface area contributed by atoms with Gasteiger partial charge in [0.25, 0.3) is 0 Å². The molecule has 0 aliphatic rings. The van der Waals surface area contributed by atoms with E-state index in [2.05, 4.69) is 49.0 Å². The van der Waals surface area contributed by atoms with Crippen molar-refractivity contribution in [1.82, 2.24) is 10.3 Å². The molecule has 1 N–H and O–H groups in total. The van der Waals surface area contributed by atoms with Gasteiger partial charge >= 0.3 is 0 Å². The van der Waals surface area contributed by atoms with Crippen LogP contribution in [-0.2, 0) is 6.54 Å². The lowest BCUT2D eigenvalue weighted by Crippen LogP contribution is -2.29. The third-order valence-electron chi connectivity index (χ3n) is 2.93. The van der Waals surface area contributed by atoms with E-state index in [1.165, 1.54) is 17.7 Å². The highest BCUT2D eigenvalue weighted by atomic mass is 15.1. The molecule has 102 valence electrons. The van der Waals surface area contributed by atoms with E-state index in [0.717, 1.165) is 26.2 Å². The van der Waals surface area contributed by atoms with E-state index >= 15 is 0 Å². The molecule has 0 aromatic carbocycles. The van der Waals surface area contributed by atoms with Crippen LogP contribution < -0.4 is 10.2 Å². The lowest BCUT2D eigenvalue weighted by molar-refractivity contribution is 0.613. The van der Waals surface area contributed by atoms with Crippen LogP contribution in [0.3, 0.4) is 0 Å². The van der Waals surface area contributed by atoms with Gasteiger partial charge in [-0.25, -0.2) is 0 Å². The Morgan fingerprint density at radius 2 is 2.11 bits per heavy atom. The number of pyridine rings is 1. The van der Waals surface area contributed by atoms with Crippen molar-refractivity contribution in [2.75, 3.05) is 24.5 Å². The zero-order valence-electron chi connectivity index (χ0n) is 12.2. The molecule has 0 bridgehead atoms. The summed E-state index contributed by atoms with van der Waals surface area (Å²) in [5.74, 6) is 0.676. The van der Waals surface area contributed by atoms with E-state index < -0.39 is 0 Å². The first-order chi connectivity index (χ1) is 8.69. The predicted molar refractivity (Wildman–Crippen MR) is 79.0 cm³/mol. The summed E-state index contributed by atoms with van der Waals surface area (Å²) in [5, 5.41) is 3.46. The maximum atomic E-state index is 4.25. The molecule has 0 saturated carbocycles. The molecule has 0 unspecified atom stereocenters. The van der Waals surface area contributed by atoms with Gasteiger partial charge in [0, 0.05) is 43.3 Å². The molecule has 0 fully saturated rings. The van der Waals surface area contributed by atoms with Gasteiger partial charge in [0.2, 0.25) is 0 Å². The molecule has 0 aliphatic heterocycles. The van der Waals surface area contributed by atoms with Gasteiger partial charge in [-0.05, 0) is 31.9 Å². The second-order valence-corrected chi connectivity index (χ2v) is 5.11. The Morgan fingerprint density at radius 1 is 1.33 bits per heavy atom. The number of hydrogen-bond acceptors (Lipinski definition) is 3. The second kappa shape index (κ2) is 8.09. The standard InChI is InChI=1S/C15H27N3/c1-5-8-16-10-14-11-17-9-7-15(14)18(6-2)12-13(3)4/h7,9,11,13,16H,5-6,8,10,12H2,1-4H3. The summed E-state index contributed by atoms with van der Waals surface area (Å²) in [6.45, 7) is 13.0. The average molecular weight is 249 g/mol. The maximum absolute atomic E-state index is 4.25. The minimum atomic E-state index is 0.676. The monoisotopic (exact) mass is 249 g/mol. The van der Waals surface area contributed by atoms with Gasteiger partial charge in [-0.1, -0.05) is 20.8 Å². The zero-order chi connectivity index (χ0) is 13.4. The lowest BCUT2D eigenvalue weighted by Gasteiger charge is -2.27. The maximum Gasteiger partial charge on any atom is 0.0442 e. The number of nitrogens with zero attached hydrogens (tertiary/aromatic N) is 2. The quantitative estimate of drug-likeness (QED) is 0.718. The minimum absolute atomic E-state index is 0.676. The third kappa shape index (κ3) is 4.65. The summed E-state index contributed by atoms with van der Waals surface area (Å²) in [5.41, 5.74) is 2.62. The van der Waals surface area contributed by atoms with E-state index in [9.17, 15) is 0 Å². The normalized spacial score (nSPS) is 10.9. The average Bonchev–Trinajstić information content (AvgIpc) is 2.37. The minimum Gasteiger partial charge on any atom is -0.371 e. The lowest BCUT2D eigenvalue weighted by atomic mass is 10.1. The van der Waals surface area contributed by atoms with E-state index in [1.54, 1.807) is 0 Å². The van der Waals surface area contributed by atoms with Crippen LogP contribution in [0.5, 0.6) is 0 Å². The number of hydrogen-bond donors (Lipinski definition) is 1. The second-order valence-electron chi connectivity index (χ2n) is 5.11. The molecule has 3 heteroatoms. The summed E-state index contributed by atoms with van der Waals surface area (Å²) >= 11 is 0. The van der Waals surface area contributed by atoms with Crippen molar-refractivity contribution in [3.05, 3.63) is 24.0 Å². The molecule has 1 aromatic heterocycles. The Balaban J connectivity index is 2.78. The van der Waals surface area contributed by atoms with E-state index in [4.69, 9.17) is 0 Å². The fourth-order valence-electron chi connectivity index (χ4n) is 2.10. The number of aromatic nitrogens is 1. The van der Waals surface area contributed by atoms with Crippen molar-refractivity contribution in [2.24, 2.45) is 5.92 Å². The highest BCUT2D eigenvalue weighted by Crippen LogP contribution is 2.20. The van der Waals surface area contributed by atoms with E-state index in [1.807, 2.05) is 12.4 Å². The largest absolute Gasteiger partial charge is 0.371 e. The van der Waals surface area contributed by atoms with Crippen molar-refractivity contribution in [3.63, 3.8) is 0 Å². The molecular weight excluding hydrogens is 222 g/mol. The number of anilines is 1. The van der Waals surface area contributed by atoms with Gasteiger partial charge in [0.05, 0.1) is 0 Å². The molecule has 0 aliphatic carbocycles. The summed E-state index contributed by atoms with van der Waals surface area (Å²) in [7, 11) is 0. The SMILES string of the molecule is CCCNCc1cnccc1N(CC)CC(C)C. The Labute approximate surface area is 112 Å². The number of rotatable bonds is 8. The van der Waals surface area contributed by atoms with Crippen LogP contribution in [0.1, 0.15) is 39.7 Å². The molecule has 0 atom stereocenters. The van der Waals surface area contributed by atoms with Crippen molar-refractivity contribution in [2.45, 2.75) is 40.7 Å². The summed E-state index contributed by atoms with van der Waals surface area (Å²) in [4.78, 5) is 6.69. The van der Waals surface area contributed by atoms with Gasteiger partial charge in [0.15, 0.2) is 0 Å². The van der Waals surface area contributed by atoms with Gasteiger partial charge in [-0.15, -0.1) is 0 Å². The van der Waals surface area contributed by atoms with Crippen molar-refractivity contribution < 1.29 is 0 Å². The summed E-state index contributed by atoms with van der Waals surface area (Å²) in [6, 6.07) is 2.13. The topological polar surface area (TPSA) is 28.2 Å². The Hall–Kier alpha value is -1.09. The highest BCUT2D eigenvalue weighted by Gasteiger charge is 2.10. The van der Waals surface area contributed by atoms with E-state index in [0.29, 0.717) is 5.92 Å². The Morgan fingerprint density at radius 3 is 2.72 bits per heavy atom. The first-order valence-electron chi connectivity index (χ1n) is 7.07. The summed E-state index contributed by atoms with van der Waals surface area (Å²) in [6.07, 6.45) is 5.04. The van der Waals surface area contributed by atoms with Crippen LogP contribution in [-0.4, -0.2) is 24.6 Å². The van der Waals surface area contributed by atoms with Crippen LogP contribution in [0.25, 0.3) is 0 Å². The first kappa shape index (κ1) is 15.0. The van der Waals surface area contributed by atoms with Gasteiger partial charge in [-0.3, -0.25) is 4.98 Å². The molecular formula is C15H27N3. The molecule has 18 heavy (non-hydrogen) atoms. The predicted octanol–water partition coefficient (Wildman–Crippen LogP) is 3.06. The third-order valence-corrected chi connectivity index (χ3v) is 2.93. The first-order valence-corrected chi connectivity index (χ1v) is 7.07.